The number of likely N-dealkylation sites (tertiary alicyclic amines) is 1. The van der Waals surface area contributed by atoms with Gasteiger partial charge in [0, 0.05) is 18.5 Å². The van der Waals surface area contributed by atoms with Gasteiger partial charge in [-0.1, -0.05) is 0 Å². The van der Waals surface area contributed by atoms with E-state index in [1.54, 1.807) is 4.90 Å². The first kappa shape index (κ1) is 15.1. The minimum absolute atomic E-state index is 0.152. The van der Waals surface area contributed by atoms with E-state index in [0.29, 0.717) is 19.7 Å². The molecule has 2 fully saturated rings. The quantitative estimate of drug-likeness (QED) is 0.639. The summed E-state index contributed by atoms with van der Waals surface area (Å²) in [4.78, 5) is 24.9. The van der Waals surface area contributed by atoms with Crippen LogP contribution in [0.15, 0.2) is 5.57 Å². The zero-order valence-electron chi connectivity index (χ0n) is 12.7. The molecule has 2 aliphatic rings. The second-order valence-electron chi connectivity index (χ2n) is 6.72. The standard InChI is InChI=1S/C15H23NO4/c1-11-12(9-17)15(10-19-11)5-7-16(8-6-15)13(18)20-14(2,3)4/h11H,5-8,10H2,1-4H3/t11-/m1/s1. The van der Waals surface area contributed by atoms with Gasteiger partial charge in [-0.15, -0.1) is 0 Å². The molecule has 0 aliphatic carbocycles. The monoisotopic (exact) mass is 281 g/mol. The second-order valence-corrected chi connectivity index (χ2v) is 6.72. The van der Waals surface area contributed by atoms with E-state index < -0.39 is 5.60 Å². The third-order valence-electron chi connectivity index (χ3n) is 4.07. The molecule has 0 bridgehead atoms. The smallest absolute Gasteiger partial charge is 0.410 e. The number of amides is 1. The third-order valence-corrected chi connectivity index (χ3v) is 4.07. The Hall–Kier alpha value is -1.32. The van der Waals surface area contributed by atoms with Crippen molar-refractivity contribution in [3.8, 4) is 0 Å². The van der Waals surface area contributed by atoms with E-state index >= 15 is 0 Å². The van der Waals surface area contributed by atoms with Crippen LogP contribution in [0.3, 0.4) is 0 Å². The topological polar surface area (TPSA) is 55.8 Å². The zero-order chi connectivity index (χ0) is 15.0. The fraction of sp³-hybridized carbons (Fsp3) is 0.800. The van der Waals surface area contributed by atoms with Gasteiger partial charge in [-0.2, -0.15) is 0 Å². The first-order valence-corrected chi connectivity index (χ1v) is 7.12. The largest absolute Gasteiger partial charge is 0.444 e. The first-order chi connectivity index (χ1) is 9.27. The Morgan fingerprint density at radius 2 is 2.00 bits per heavy atom. The number of hydrogen-bond donors (Lipinski definition) is 0. The molecule has 1 atom stereocenters. The van der Waals surface area contributed by atoms with Gasteiger partial charge >= 0.3 is 6.09 Å². The summed E-state index contributed by atoms with van der Waals surface area (Å²) in [7, 11) is 0. The Morgan fingerprint density at radius 3 is 2.50 bits per heavy atom. The molecular formula is C15H23NO4. The minimum atomic E-state index is -0.481. The van der Waals surface area contributed by atoms with Crippen molar-refractivity contribution in [2.45, 2.75) is 52.2 Å². The van der Waals surface area contributed by atoms with Crippen LogP contribution in [-0.4, -0.2) is 48.3 Å². The maximum absolute atomic E-state index is 12.0. The zero-order valence-corrected chi connectivity index (χ0v) is 12.7. The number of ether oxygens (including phenoxy) is 2. The summed E-state index contributed by atoms with van der Waals surface area (Å²) in [6, 6.07) is 0. The van der Waals surface area contributed by atoms with Crippen molar-refractivity contribution in [3.05, 3.63) is 5.57 Å². The van der Waals surface area contributed by atoms with Crippen molar-refractivity contribution >= 4 is 12.0 Å². The molecule has 5 heteroatoms. The Kier molecular flexibility index (Phi) is 3.94. The molecule has 0 aromatic heterocycles. The van der Waals surface area contributed by atoms with Crippen LogP contribution in [-0.2, 0) is 14.3 Å². The molecule has 2 saturated heterocycles. The van der Waals surface area contributed by atoms with E-state index in [2.05, 4.69) is 5.94 Å². The molecule has 5 nitrogen and oxygen atoms in total. The van der Waals surface area contributed by atoms with Gasteiger partial charge in [0.25, 0.3) is 0 Å². The Morgan fingerprint density at radius 1 is 1.40 bits per heavy atom. The molecule has 0 saturated carbocycles. The summed E-state index contributed by atoms with van der Waals surface area (Å²) >= 11 is 0. The summed E-state index contributed by atoms with van der Waals surface area (Å²) in [5.74, 6) is 2.06. The van der Waals surface area contributed by atoms with Gasteiger partial charge < -0.3 is 14.4 Å². The molecule has 0 aromatic rings. The summed E-state index contributed by atoms with van der Waals surface area (Å²) < 4.78 is 11.0. The number of nitrogens with zero attached hydrogens (tertiary/aromatic N) is 1. The van der Waals surface area contributed by atoms with Crippen molar-refractivity contribution in [3.63, 3.8) is 0 Å². The number of piperidine rings is 1. The Balaban J connectivity index is 1.99. The van der Waals surface area contributed by atoms with Gasteiger partial charge in [0.1, 0.15) is 11.5 Å². The number of carbonyl (C=O) groups excluding carboxylic acids is 2. The predicted molar refractivity (Wildman–Crippen MR) is 74.1 cm³/mol. The van der Waals surface area contributed by atoms with Crippen LogP contribution in [0.2, 0.25) is 0 Å². The highest BCUT2D eigenvalue weighted by Gasteiger charge is 2.47. The lowest BCUT2D eigenvalue weighted by Gasteiger charge is -2.38. The molecule has 0 aromatic carbocycles. The molecule has 2 heterocycles. The molecule has 2 rings (SSSR count). The fourth-order valence-electron chi connectivity index (χ4n) is 2.93. The molecule has 2 aliphatic heterocycles. The van der Waals surface area contributed by atoms with Gasteiger partial charge in [-0.3, -0.25) is 0 Å². The fourth-order valence-corrected chi connectivity index (χ4v) is 2.93. The van der Waals surface area contributed by atoms with Gasteiger partial charge in [-0.25, -0.2) is 9.59 Å². The van der Waals surface area contributed by atoms with Crippen LogP contribution in [0.5, 0.6) is 0 Å². The van der Waals surface area contributed by atoms with Crippen LogP contribution in [0.25, 0.3) is 0 Å². The van der Waals surface area contributed by atoms with Crippen molar-refractivity contribution in [2.75, 3.05) is 19.7 Å². The lowest BCUT2D eigenvalue weighted by Crippen LogP contribution is -2.46. The lowest BCUT2D eigenvalue weighted by atomic mass is 9.74. The van der Waals surface area contributed by atoms with E-state index in [4.69, 9.17) is 9.47 Å². The lowest BCUT2D eigenvalue weighted by molar-refractivity contribution is 0.00993. The van der Waals surface area contributed by atoms with Crippen LogP contribution < -0.4 is 0 Å². The van der Waals surface area contributed by atoms with E-state index in [9.17, 15) is 9.59 Å². The molecule has 0 radical (unpaired) electrons. The van der Waals surface area contributed by atoms with Gasteiger partial charge in [-0.05, 0) is 40.5 Å². The van der Waals surface area contributed by atoms with Crippen LogP contribution in [0.1, 0.15) is 40.5 Å². The number of carbonyl (C=O) groups is 1. The van der Waals surface area contributed by atoms with Crippen molar-refractivity contribution in [1.29, 1.82) is 0 Å². The SMILES string of the molecule is C[C@H]1OCC2(CCN(C(=O)OC(C)(C)C)CC2)C1=C=O. The number of hydrogen-bond acceptors (Lipinski definition) is 4. The summed E-state index contributed by atoms with van der Waals surface area (Å²) in [6.45, 7) is 9.20. The molecule has 1 spiro atoms. The van der Waals surface area contributed by atoms with E-state index in [0.717, 1.165) is 18.4 Å². The molecule has 0 unspecified atom stereocenters. The van der Waals surface area contributed by atoms with Crippen molar-refractivity contribution < 1.29 is 19.1 Å². The molecule has 112 valence electrons. The molecule has 20 heavy (non-hydrogen) atoms. The maximum atomic E-state index is 12.0. The summed E-state index contributed by atoms with van der Waals surface area (Å²) in [5.41, 5.74) is 0.0198. The van der Waals surface area contributed by atoms with Gasteiger partial charge in [0.2, 0.25) is 0 Å². The van der Waals surface area contributed by atoms with Crippen molar-refractivity contribution in [2.24, 2.45) is 5.41 Å². The normalized spacial score (nSPS) is 25.7. The number of rotatable bonds is 0. The third kappa shape index (κ3) is 2.89. The van der Waals surface area contributed by atoms with E-state index in [-0.39, 0.29) is 17.6 Å². The molecule has 0 N–H and O–H groups in total. The highest BCUT2D eigenvalue weighted by atomic mass is 16.6. The highest BCUT2D eigenvalue weighted by Crippen LogP contribution is 2.44. The van der Waals surface area contributed by atoms with Gasteiger partial charge in [0.05, 0.1) is 18.3 Å². The van der Waals surface area contributed by atoms with Crippen LogP contribution >= 0.6 is 0 Å². The first-order valence-electron chi connectivity index (χ1n) is 7.12. The molecule has 1 amide bonds. The Labute approximate surface area is 119 Å². The predicted octanol–water partition coefficient (Wildman–Crippen LogP) is 2.18. The summed E-state index contributed by atoms with van der Waals surface area (Å²) in [5, 5.41) is 0. The van der Waals surface area contributed by atoms with Crippen LogP contribution in [0.4, 0.5) is 4.79 Å². The second kappa shape index (κ2) is 5.23. The van der Waals surface area contributed by atoms with E-state index in [1.807, 2.05) is 27.7 Å². The Bertz CT molecular complexity index is 437. The van der Waals surface area contributed by atoms with E-state index in [1.165, 1.54) is 0 Å². The van der Waals surface area contributed by atoms with Crippen molar-refractivity contribution in [1.82, 2.24) is 4.90 Å². The average Bonchev–Trinajstić information content (AvgIpc) is 2.65. The maximum Gasteiger partial charge on any atom is 0.410 e. The van der Waals surface area contributed by atoms with Crippen LogP contribution in [0, 0.1) is 5.41 Å². The average molecular weight is 281 g/mol. The highest BCUT2D eigenvalue weighted by molar-refractivity contribution is 5.68. The molecular weight excluding hydrogens is 258 g/mol. The minimum Gasteiger partial charge on any atom is -0.444 e. The van der Waals surface area contributed by atoms with Gasteiger partial charge in [0.15, 0.2) is 0 Å². The summed E-state index contributed by atoms with van der Waals surface area (Å²) in [6.07, 6.45) is 1.04.